The molecule has 0 spiro atoms. The van der Waals surface area contributed by atoms with Crippen LogP contribution in [0.3, 0.4) is 0 Å². The maximum absolute atomic E-state index is 13.8. The molecule has 13 heteroatoms. The zero-order valence-electron chi connectivity index (χ0n) is 15.8. The number of hydrogen-bond donors (Lipinski definition) is 3. The average Bonchev–Trinajstić information content (AvgIpc) is 2.69. The molecule has 2 aromatic carbocycles. The van der Waals surface area contributed by atoms with Gasteiger partial charge in [0, 0.05) is 4.90 Å². The van der Waals surface area contributed by atoms with Gasteiger partial charge in [-0.15, -0.1) is 0 Å². The van der Waals surface area contributed by atoms with Crippen LogP contribution in [-0.2, 0) is 9.59 Å². The Kier molecular flexibility index (Phi) is 6.31. The quantitative estimate of drug-likeness (QED) is 0.385. The van der Waals surface area contributed by atoms with E-state index in [1.165, 1.54) is 6.07 Å². The van der Waals surface area contributed by atoms with Crippen molar-refractivity contribution >= 4 is 40.6 Å². The number of fused-ring (bicyclic) bond motifs is 1. The number of amides is 2. The summed E-state index contributed by atoms with van der Waals surface area (Å²) < 4.78 is 91.2. The number of halogens is 7. The van der Waals surface area contributed by atoms with Gasteiger partial charge in [0.15, 0.2) is 0 Å². The minimum Gasteiger partial charge on any atom is -0.372 e. The van der Waals surface area contributed by atoms with Gasteiger partial charge in [-0.1, -0.05) is 24.3 Å². The van der Waals surface area contributed by atoms with Crippen molar-refractivity contribution in [3.05, 3.63) is 48.5 Å². The normalized spacial score (nSPS) is 16.6. The fraction of sp³-hybridized carbons (Fsp3) is 0.263. The number of carbonyl (C=O) groups excluding carboxylic acids is 2. The van der Waals surface area contributed by atoms with Crippen LogP contribution in [-0.4, -0.2) is 35.2 Å². The molecule has 1 heterocycles. The third-order valence-electron chi connectivity index (χ3n) is 4.34. The van der Waals surface area contributed by atoms with Gasteiger partial charge in [0.05, 0.1) is 23.5 Å². The first kappa shape index (κ1) is 23.7. The zero-order chi connectivity index (χ0) is 23.7. The summed E-state index contributed by atoms with van der Waals surface area (Å²) in [6.07, 6.45) is -6.94. The van der Waals surface area contributed by atoms with Crippen LogP contribution in [0, 0.1) is 0 Å². The second-order valence-corrected chi connectivity index (χ2v) is 7.83. The number of rotatable bonds is 6. The molecule has 0 saturated carbocycles. The highest BCUT2D eigenvalue weighted by atomic mass is 32.2. The number of para-hydroxylation sites is 3. The molecule has 3 rings (SSSR count). The molecule has 0 fully saturated rings. The monoisotopic (exact) mass is 481 g/mol. The molecule has 32 heavy (non-hydrogen) atoms. The number of hydrogen-bond acceptors (Lipinski definition) is 4. The Hall–Kier alpha value is -2.96. The van der Waals surface area contributed by atoms with E-state index in [-0.39, 0.29) is 0 Å². The number of thioether (sulfide) groups is 1. The lowest BCUT2D eigenvalue weighted by Crippen LogP contribution is -2.50. The van der Waals surface area contributed by atoms with Crippen molar-refractivity contribution in [3.63, 3.8) is 0 Å². The van der Waals surface area contributed by atoms with E-state index in [0.717, 1.165) is 18.2 Å². The number of anilines is 3. The van der Waals surface area contributed by atoms with Crippen LogP contribution < -0.4 is 16.0 Å². The molecule has 0 radical (unpaired) electrons. The van der Waals surface area contributed by atoms with Crippen molar-refractivity contribution in [2.24, 2.45) is 0 Å². The van der Waals surface area contributed by atoms with Crippen LogP contribution in [0.15, 0.2) is 53.4 Å². The standard InChI is InChI=1S/C19H14F7N3O2S/c20-17(21,18(22,23)24)19(25,26)32-14-8-4-3-7-12(14)28-15(30)9-13-16(31)29-11-6-2-1-5-10(11)27-13/h1-8,13,27H,9H2,(H,28,30)(H,29,31). The fourth-order valence-electron chi connectivity index (χ4n) is 2.75. The smallest absolute Gasteiger partial charge is 0.372 e. The zero-order valence-corrected chi connectivity index (χ0v) is 16.6. The molecule has 1 unspecified atom stereocenters. The Morgan fingerprint density at radius 1 is 0.938 bits per heavy atom. The van der Waals surface area contributed by atoms with E-state index in [4.69, 9.17) is 0 Å². The lowest BCUT2D eigenvalue weighted by molar-refractivity contribution is -0.330. The molecule has 3 N–H and O–H groups in total. The second-order valence-electron chi connectivity index (χ2n) is 6.67. The first-order chi connectivity index (χ1) is 14.8. The summed E-state index contributed by atoms with van der Waals surface area (Å²) >= 11 is -1.03. The van der Waals surface area contributed by atoms with Crippen LogP contribution in [0.1, 0.15) is 6.42 Å². The summed E-state index contributed by atoms with van der Waals surface area (Å²) in [6.45, 7) is 0. The molecule has 1 atom stereocenters. The lowest BCUT2D eigenvalue weighted by atomic mass is 10.1. The highest BCUT2D eigenvalue weighted by Gasteiger charge is 2.73. The third-order valence-corrected chi connectivity index (χ3v) is 5.43. The van der Waals surface area contributed by atoms with Crippen molar-refractivity contribution in [2.75, 3.05) is 16.0 Å². The number of carbonyl (C=O) groups is 2. The molecule has 2 amide bonds. The average molecular weight is 481 g/mol. The number of benzene rings is 2. The highest BCUT2D eigenvalue weighted by molar-refractivity contribution is 8.00. The fourth-order valence-corrected chi connectivity index (χ4v) is 3.64. The molecule has 1 aliphatic rings. The number of alkyl halides is 7. The third kappa shape index (κ3) is 4.76. The predicted octanol–water partition coefficient (Wildman–Crippen LogP) is 5.33. The second kappa shape index (κ2) is 8.52. The summed E-state index contributed by atoms with van der Waals surface area (Å²) in [7, 11) is 0. The van der Waals surface area contributed by atoms with Gasteiger partial charge < -0.3 is 16.0 Å². The van der Waals surface area contributed by atoms with Crippen molar-refractivity contribution in [1.82, 2.24) is 0 Å². The van der Waals surface area contributed by atoms with Crippen LogP contribution in [0.2, 0.25) is 0 Å². The summed E-state index contributed by atoms with van der Waals surface area (Å²) in [5.41, 5.74) is 0.621. The van der Waals surface area contributed by atoms with Crippen molar-refractivity contribution in [2.45, 2.75) is 34.7 Å². The van der Waals surface area contributed by atoms with Crippen molar-refractivity contribution in [1.29, 1.82) is 0 Å². The Balaban J connectivity index is 1.73. The van der Waals surface area contributed by atoms with E-state index < -0.39 is 64.0 Å². The van der Waals surface area contributed by atoms with E-state index in [1.807, 2.05) is 0 Å². The van der Waals surface area contributed by atoms with E-state index in [2.05, 4.69) is 16.0 Å². The van der Waals surface area contributed by atoms with Gasteiger partial charge in [-0.2, -0.15) is 30.7 Å². The van der Waals surface area contributed by atoms with Crippen LogP contribution in [0.25, 0.3) is 0 Å². The summed E-state index contributed by atoms with van der Waals surface area (Å²) in [4.78, 5) is 23.8. The Morgan fingerprint density at radius 3 is 2.19 bits per heavy atom. The molecule has 1 aliphatic heterocycles. The highest BCUT2D eigenvalue weighted by Crippen LogP contribution is 2.54. The molecular weight excluding hydrogens is 467 g/mol. The van der Waals surface area contributed by atoms with Crippen LogP contribution in [0.5, 0.6) is 0 Å². The maximum atomic E-state index is 13.8. The molecule has 172 valence electrons. The van der Waals surface area contributed by atoms with Gasteiger partial charge in [0.25, 0.3) is 0 Å². The number of nitrogens with one attached hydrogen (secondary N) is 3. The van der Waals surface area contributed by atoms with Gasteiger partial charge in [-0.25, -0.2) is 0 Å². The van der Waals surface area contributed by atoms with Crippen LogP contribution >= 0.6 is 11.8 Å². The minimum absolute atomic E-state index is 0.406. The lowest BCUT2D eigenvalue weighted by Gasteiger charge is -2.28. The van der Waals surface area contributed by atoms with Crippen LogP contribution in [0.4, 0.5) is 47.8 Å². The SMILES string of the molecule is O=C(CC1Nc2ccccc2NC1=O)Nc1ccccc1SC(F)(F)C(F)(F)C(F)(F)F. The van der Waals surface area contributed by atoms with Crippen molar-refractivity contribution < 1.29 is 40.3 Å². The summed E-state index contributed by atoms with van der Waals surface area (Å²) in [5, 5.41) is 2.04. The van der Waals surface area contributed by atoms with Gasteiger partial charge in [-0.3, -0.25) is 9.59 Å². The van der Waals surface area contributed by atoms with Gasteiger partial charge in [0.2, 0.25) is 11.8 Å². The largest absolute Gasteiger partial charge is 0.460 e. The molecule has 2 aromatic rings. The molecule has 0 saturated heterocycles. The van der Waals surface area contributed by atoms with E-state index in [1.54, 1.807) is 24.3 Å². The molecule has 5 nitrogen and oxygen atoms in total. The first-order valence-electron chi connectivity index (χ1n) is 8.88. The van der Waals surface area contributed by atoms with Gasteiger partial charge in [-0.05, 0) is 36.0 Å². The van der Waals surface area contributed by atoms with E-state index >= 15 is 0 Å². The van der Waals surface area contributed by atoms with E-state index in [9.17, 15) is 40.3 Å². The Morgan fingerprint density at radius 2 is 1.53 bits per heavy atom. The van der Waals surface area contributed by atoms with Crippen molar-refractivity contribution in [3.8, 4) is 0 Å². The topological polar surface area (TPSA) is 70.2 Å². The van der Waals surface area contributed by atoms with Gasteiger partial charge in [0.1, 0.15) is 6.04 Å². The van der Waals surface area contributed by atoms with E-state index in [0.29, 0.717) is 11.4 Å². The summed E-state index contributed by atoms with van der Waals surface area (Å²) in [5.74, 6) is -7.70. The predicted molar refractivity (Wildman–Crippen MR) is 104 cm³/mol. The molecule has 0 aliphatic carbocycles. The molecule has 0 bridgehead atoms. The summed E-state index contributed by atoms with van der Waals surface area (Å²) in [6, 6.07) is 9.93. The Labute approximate surface area is 180 Å². The Bertz CT molecular complexity index is 1030. The minimum atomic E-state index is -6.47. The molecular formula is C19H14F7N3O2S. The maximum Gasteiger partial charge on any atom is 0.460 e. The first-order valence-corrected chi connectivity index (χ1v) is 9.70. The molecule has 0 aromatic heterocycles. The van der Waals surface area contributed by atoms with Gasteiger partial charge >= 0.3 is 17.4 Å².